The van der Waals surface area contributed by atoms with Gasteiger partial charge in [0.15, 0.2) is 0 Å². The van der Waals surface area contributed by atoms with Gasteiger partial charge in [-0.05, 0) is 245 Å². The molecule has 0 aromatic rings. The van der Waals surface area contributed by atoms with Crippen molar-refractivity contribution in [3.8, 4) is 0 Å². The maximum absolute atomic E-state index is 1.76. The van der Waals surface area contributed by atoms with Crippen LogP contribution in [0.1, 0.15) is 25.7 Å². The van der Waals surface area contributed by atoms with E-state index < -0.39 is 0 Å². The first kappa shape index (κ1) is 15.7. The van der Waals surface area contributed by atoms with Gasteiger partial charge in [0.2, 0.25) is 0 Å². The van der Waals surface area contributed by atoms with E-state index in [1.807, 2.05) is 0 Å². The van der Waals surface area contributed by atoms with E-state index in [1.165, 1.54) is 154 Å². The molecule has 0 N–H and O–H groups in total. The van der Waals surface area contributed by atoms with Gasteiger partial charge in [-0.1, -0.05) is 0 Å². The molecule has 12 spiro atoms. The fourth-order valence-electron chi connectivity index (χ4n) is 38.5. The van der Waals surface area contributed by atoms with Crippen LogP contribution in [0.2, 0.25) is 0 Å². The Bertz CT molecular complexity index is 1960. The zero-order valence-electron chi connectivity index (χ0n) is 23.8. The van der Waals surface area contributed by atoms with E-state index in [-0.39, 0.29) is 0 Å². The molecule has 26 aliphatic rings. The van der Waals surface area contributed by atoms with Crippen molar-refractivity contribution < 1.29 is 0 Å². The van der Waals surface area contributed by atoms with Gasteiger partial charge in [0.25, 0.3) is 0 Å². The van der Waals surface area contributed by atoms with Crippen LogP contribution in [0.4, 0.5) is 0 Å². The lowest BCUT2D eigenvalue weighted by Gasteiger charge is -3.39. The summed E-state index contributed by atoms with van der Waals surface area (Å²) >= 11 is 0. The number of hydrogen-bond donors (Lipinski definition) is 0. The number of fused-ring (bicyclic) bond motifs is 22. The molecule has 24 atom stereocenters. The minimum Gasteiger partial charge on any atom is -0.0461 e. The van der Waals surface area contributed by atoms with E-state index in [9.17, 15) is 0 Å². The van der Waals surface area contributed by atoms with Gasteiger partial charge >= 0.3 is 0 Å². The van der Waals surface area contributed by atoms with E-state index in [0.717, 1.165) is 65.0 Å². The van der Waals surface area contributed by atoms with Gasteiger partial charge in [-0.2, -0.15) is 0 Å². The van der Waals surface area contributed by atoms with Gasteiger partial charge in [0.05, 0.1) is 0 Å². The molecule has 0 heterocycles. The molecule has 26 saturated carbocycles. The zero-order chi connectivity index (χ0) is 23.8. The number of rotatable bonds is 0. The van der Waals surface area contributed by atoms with Crippen molar-refractivity contribution in [2.75, 3.05) is 0 Å². The fraction of sp³-hybridized carbons (Fsp3) is 1.00. The van der Waals surface area contributed by atoms with Crippen molar-refractivity contribution in [2.24, 2.45) is 219 Å². The van der Waals surface area contributed by atoms with Crippen molar-refractivity contribution in [2.45, 2.75) is 25.7 Å². The quantitative estimate of drug-likeness (QED) is 0.417. The predicted molar refractivity (Wildman–Crippen MR) is 138 cm³/mol. The molecule has 0 radical (unpaired) electrons. The summed E-state index contributed by atoms with van der Waals surface area (Å²) in [7, 11) is 0. The Labute approximate surface area is 244 Å². The van der Waals surface area contributed by atoms with Crippen LogP contribution >= 0.6 is 0 Å². The Morgan fingerprint density at radius 2 is 0.405 bits per heavy atom. The molecule has 26 fully saturated rings. The topological polar surface area (TPSA) is 0 Å². The third kappa shape index (κ3) is 0.472. The van der Waals surface area contributed by atoms with Crippen molar-refractivity contribution in [3.05, 3.63) is 0 Å². The summed E-state index contributed by atoms with van der Waals surface area (Å²) in [5.74, 6) is 35.5. The minimum atomic E-state index is 1.08. The van der Waals surface area contributed by atoms with Crippen LogP contribution in [0.15, 0.2) is 0 Å². The molecule has 0 nitrogen and oxygen atoms in total. The Morgan fingerprint density at radius 1 is 0.214 bits per heavy atom. The molecule has 0 saturated heterocycles. The van der Waals surface area contributed by atoms with E-state index in [1.54, 1.807) is 25.7 Å². The second-order valence-electron chi connectivity index (χ2n) is 25.8. The third-order valence-corrected chi connectivity index (χ3v) is 32.8. The predicted octanol–water partition coefficient (Wildman–Crippen LogP) is 4.76. The smallest absolute Gasteiger partial charge is 0.00932 e. The van der Waals surface area contributed by atoms with Crippen LogP contribution in [-0.2, 0) is 0 Å². The van der Waals surface area contributed by atoms with Gasteiger partial charge in [0.1, 0.15) is 0 Å². The first-order valence-electron chi connectivity index (χ1n) is 20.9. The maximum Gasteiger partial charge on any atom is -0.00932 e. The number of hydrogen-bond acceptors (Lipinski definition) is 0. The molecular formula is C42H34. The first-order valence-corrected chi connectivity index (χ1v) is 20.9. The summed E-state index contributed by atoms with van der Waals surface area (Å²) in [6, 6.07) is 0. The molecule has 0 aromatic carbocycles. The van der Waals surface area contributed by atoms with Gasteiger partial charge < -0.3 is 0 Å². The Balaban J connectivity index is 0.752. The molecule has 0 heteroatoms. The molecule has 42 heavy (non-hydrogen) atoms. The van der Waals surface area contributed by atoms with Crippen LogP contribution in [0.25, 0.3) is 0 Å². The Morgan fingerprint density at radius 3 is 0.619 bits per heavy atom. The third-order valence-electron chi connectivity index (χ3n) is 32.8. The molecule has 0 bridgehead atoms. The van der Waals surface area contributed by atoms with Crippen LogP contribution < -0.4 is 0 Å². The lowest BCUT2D eigenvalue weighted by Crippen LogP contribution is -3.37. The summed E-state index contributed by atoms with van der Waals surface area (Å²) in [5.41, 5.74) is 13.1. The maximum atomic E-state index is 1.76. The average Bonchev–Trinajstić information content (AvgIpc) is 2.85. The summed E-state index contributed by atoms with van der Waals surface area (Å²) in [6.45, 7) is 0. The van der Waals surface area contributed by atoms with Crippen LogP contribution in [-0.4, -0.2) is 0 Å². The Hall–Kier alpha value is 0. The van der Waals surface area contributed by atoms with E-state index >= 15 is 0 Å². The van der Waals surface area contributed by atoms with Crippen LogP contribution in [0.3, 0.4) is 0 Å². The fourth-order valence-corrected chi connectivity index (χ4v) is 38.5. The molecule has 0 amide bonds. The molecule has 24 unspecified atom stereocenters. The first-order chi connectivity index (χ1) is 20.9. The highest BCUT2D eigenvalue weighted by Crippen LogP contribution is 3.40. The molecule has 26 aliphatic carbocycles. The van der Waals surface area contributed by atoms with E-state index in [4.69, 9.17) is 0 Å². The molecular weight excluding hydrogens is 504 g/mol. The lowest BCUT2D eigenvalue weighted by molar-refractivity contribution is -0.935. The Kier molecular flexibility index (Phi) is 1.04. The molecule has 0 aliphatic heterocycles. The zero-order valence-corrected chi connectivity index (χ0v) is 23.8. The monoisotopic (exact) mass is 538 g/mol. The summed E-state index contributed by atoms with van der Waals surface area (Å²) in [4.78, 5) is 0. The molecule has 26 rings (SSSR count). The molecule has 0 aromatic heterocycles. The highest BCUT2D eigenvalue weighted by molar-refractivity contribution is 5.84. The SMILES string of the molecule is C1C2CC3C4C5C6C7C8C9C%10C%11C%12C%13C%14CC%15CC%16C%17C%18C%19C%20C%21C%22C%23C%24C%25C%26C1C23C%264C%255C%246C%237C%228C%219C%20%10C%19%11C%18%12C%17%13C%15%16%14. The van der Waals surface area contributed by atoms with Gasteiger partial charge in [0, 0.05) is 0 Å². The minimum absolute atomic E-state index is 1.08. The van der Waals surface area contributed by atoms with E-state index in [0.29, 0.717) is 0 Å². The van der Waals surface area contributed by atoms with Crippen molar-refractivity contribution in [3.63, 3.8) is 0 Å². The highest BCUT2D eigenvalue weighted by atomic mass is 15.4. The molecule has 202 valence electrons. The lowest BCUT2D eigenvalue weighted by atomic mass is 8.64. The van der Waals surface area contributed by atoms with Crippen LogP contribution in [0.5, 0.6) is 0 Å². The van der Waals surface area contributed by atoms with Crippen molar-refractivity contribution in [1.29, 1.82) is 0 Å². The van der Waals surface area contributed by atoms with E-state index in [2.05, 4.69) is 0 Å². The summed E-state index contributed by atoms with van der Waals surface area (Å²) in [5, 5.41) is 0. The van der Waals surface area contributed by atoms with Crippen LogP contribution in [0, 0.1) is 219 Å². The van der Waals surface area contributed by atoms with Gasteiger partial charge in [-0.25, -0.2) is 0 Å². The normalized spacial score (nSPS) is 124. The standard InChI is InChI=1S/C42H34/c1-5-2-8-12-16-20-24-29-30-26-22-18-14-10-4-6-3-9-13-17-21-25-28-27-23-19-15-11-7(1)31(5,8)33(11,12)35(15,16)37(19,20)39(23,24)41(27,29)42(28,30)40(25,26)38(21,22)36(17,18)34(13,14)32(6,9)10/h5-30H,1-4H2. The summed E-state index contributed by atoms with van der Waals surface area (Å²) in [6.07, 6.45) is 7.02. The van der Waals surface area contributed by atoms with Gasteiger partial charge in [-0.3, -0.25) is 0 Å². The van der Waals surface area contributed by atoms with Crippen molar-refractivity contribution in [1.82, 2.24) is 0 Å². The largest absolute Gasteiger partial charge is 0.0461 e. The average molecular weight is 539 g/mol. The highest BCUT2D eigenvalue weighted by Gasteiger charge is 3.38. The van der Waals surface area contributed by atoms with Crippen molar-refractivity contribution >= 4 is 0 Å². The second kappa shape index (κ2) is 2.77. The van der Waals surface area contributed by atoms with Gasteiger partial charge in [-0.15, -0.1) is 0 Å². The summed E-state index contributed by atoms with van der Waals surface area (Å²) < 4.78 is 0. The second-order valence-corrected chi connectivity index (χ2v) is 25.8.